The maximum atomic E-state index is 9.74. The second-order valence-corrected chi connectivity index (χ2v) is 9.38. The van der Waals surface area contributed by atoms with Gasteiger partial charge in [0.1, 0.15) is 5.75 Å². The van der Waals surface area contributed by atoms with Crippen LogP contribution in [0.3, 0.4) is 0 Å². The highest BCUT2D eigenvalue weighted by molar-refractivity contribution is 14.2. The lowest BCUT2D eigenvalue weighted by molar-refractivity contribution is 0.465. The molecule has 0 heterocycles. The van der Waals surface area contributed by atoms with Crippen LogP contribution in [0.2, 0.25) is 0 Å². The molecule has 0 amide bonds. The van der Waals surface area contributed by atoms with Crippen molar-refractivity contribution in [2.24, 2.45) is 0 Å². The molecule has 84 valence electrons. The minimum atomic E-state index is 0.0693. The predicted octanol–water partition coefficient (Wildman–Crippen LogP) is 5.09. The Bertz CT molecular complexity index is 358. The lowest BCUT2D eigenvalue weighted by Gasteiger charge is -2.23. The number of aryl methyl sites for hydroxylation is 1. The zero-order valence-corrected chi connectivity index (χ0v) is 13.1. The van der Waals surface area contributed by atoms with E-state index in [0.29, 0.717) is 5.75 Å². The van der Waals surface area contributed by atoms with Gasteiger partial charge in [0.2, 0.25) is 0 Å². The second-order valence-electron chi connectivity index (χ2n) is 4.53. The van der Waals surface area contributed by atoms with Crippen molar-refractivity contribution in [2.45, 2.75) is 38.0 Å². The van der Waals surface area contributed by atoms with Gasteiger partial charge in [0.25, 0.3) is 0 Å². The molecule has 0 bridgehead atoms. The van der Waals surface area contributed by atoms with Gasteiger partial charge in [-0.3, -0.25) is 0 Å². The normalized spacial score (nSPS) is 11.8. The Labute approximate surface area is 111 Å². The van der Waals surface area contributed by atoms with Gasteiger partial charge >= 0.3 is 0 Å². The van der Waals surface area contributed by atoms with Crippen LogP contribution in [-0.4, -0.2) is 5.11 Å². The van der Waals surface area contributed by atoms with Crippen LogP contribution in [0.1, 0.15) is 31.9 Å². The Morgan fingerprint density at radius 1 is 1.27 bits per heavy atom. The summed E-state index contributed by atoms with van der Waals surface area (Å²) in [7, 11) is 3.45. The van der Waals surface area contributed by atoms with Crippen molar-refractivity contribution in [3.8, 4) is 5.75 Å². The average molecular weight is 354 g/mol. The van der Waals surface area contributed by atoms with Crippen LogP contribution in [0.25, 0.3) is 0 Å². The SMILES string of the molecule is Cc1cc(SSI)c(C(C)(C)C)cc1O. The Balaban J connectivity index is 3.28. The number of halogens is 1. The molecule has 1 nitrogen and oxygen atoms in total. The largest absolute Gasteiger partial charge is 0.508 e. The molecular weight excluding hydrogens is 339 g/mol. The fraction of sp³-hybridized carbons (Fsp3) is 0.455. The van der Waals surface area contributed by atoms with Crippen LogP contribution in [-0.2, 0) is 5.41 Å². The molecule has 0 aliphatic heterocycles. The summed E-state index contributed by atoms with van der Waals surface area (Å²) in [5, 5.41) is 9.74. The molecule has 0 radical (unpaired) electrons. The monoisotopic (exact) mass is 354 g/mol. The zero-order valence-electron chi connectivity index (χ0n) is 9.30. The van der Waals surface area contributed by atoms with Gasteiger partial charge in [-0.05, 0) is 54.4 Å². The minimum absolute atomic E-state index is 0.0693. The van der Waals surface area contributed by atoms with E-state index < -0.39 is 0 Å². The summed E-state index contributed by atoms with van der Waals surface area (Å²) in [6, 6.07) is 3.96. The van der Waals surface area contributed by atoms with E-state index in [9.17, 15) is 5.11 Å². The van der Waals surface area contributed by atoms with Gasteiger partial charge < -0.3 is 5.11 Å². The van der Waals surface area contributed by atoms with E-state index in [1.165, 1.54) is 10.5 Å². The van der Waals surface area contributed by atoms with Crippen molar-refractivity contribution < 1.29 is 5.11 Å². The van der Waals surface area contributed by atoms with Gasteiger partial charge in [-0.25, -0.2) is 0 Å². The quantitative estimate of drug-likeness (QED) is 0.590. The van der Waals surface area contributed by atoms with E-state index in [1.807, 2.05) is 13.0 Å². The molecule has 0 aliphatic carbocycles. The Morgan fingerprint density at radius 2 is 1.87 bits per heavy atom. The highest BCUT2D eigenvalue weighted by Crippen LogP contribution is 2.43. The van der Waals surface area contributed by atoms with Crippen LogP contribution in [0.5, 0.6) is 5.75 Å². The topological polar surface area (TPSA) is 20.2 Å². The van der Waals surface area contributed by atoms with Gasteiger partial charge in [-0.1, -0.05) is 20.8 Å². The molecule has 0 saturated carbocycles. The highest BCUT2D eigenvalue weighted by atomic mass is 127. The van der Waals surface area contributed by atoms with Crippen LogP contribution in [0.4, 0.5) is 0 Å². The van der Waals surface area contributed by atoms with E-state index in [-0.39, 0.29) is 5.41 Å². The number of hydrogen-bond donors (Lipinski definition) is 1. The first kappa shape index (κ1) is 13.5. The predicted molar refractivity (Wildman–Crippen MR) is 79.0 cm³/mol. The van der Waals surface area contributed by atoms with Gasteiger partial charge in [-0.15, -0.1) is 0 Å². The van der Waals surface area contributed by atoms with Crippen molar-refractivity contribution in [1.29, 1.82) is 0 Å². The molecule has 15 heavy (non-hydrogen) atoms. The smallest absolute Gasteiger partial charge is 0.118 e. The molecule has 1 rings (SSSR count). The van der Waals surface area contributed by atoms with Crippen LogP contribution >= 0.6 is 40.0 Å². The van der Waals surface area contributed by atoms with E-state index in [2.05, 4.69) is 48.0 Å². The first-order valence-electron chi connectivity index (χ1n) is 4.65. The number of benzene rings is 1. The van der Waals surface area contributed by atoms with Crippen LogP contribution in [0.15, 0.2) is 17.0 Å². The zero-order chi connectivity index (χ0) is 11.6. The molecule has 0 aliphatic rings. The third kappa shape index (κ3) is 3.46. The summed E-state index contributed by atoms with van der Waals surface area (Å²) in [5.41, 5.74) is 2.22. The molecular formula is C11H15IOS2. The van der Waals surface area contributed by atoms with Gasteiger partial charge in [0.15, 0.2) is 0 Å². The van der Waals surface area contributed by atoms with Gasteiger partial charge in [-0.2, -0.15) is 0 Å². The summed E-state index contributed by atoms with van der Waals surface area (Å²) >= 11 is 2.27. The number of hydrogen-bond acceptors (Lipinski definition) is 3. The first-order valence-corrected chi connectivity index (χ1v) is 9.35. The van der Waals surface area contributed by atoms with Crippen LogP contribution < -0.4 is 0 Å². The van der Waals surface area contributed by atoms with E-state index in [4.69, 9.17) is 0 Å². The van der Waals surface area contributed by atoms with E-state index >= 15 is 0 Å². The maximum Gasteiger partial charge on any atom is 0.118 e. The van der Waals surface area contributed by atoms with Gasteiger partial charge in [0, 0.05) is 26.1 Å². The third-order valence-corrected chi connectivity index (χ3v) is 5.15. The van der Waals surface area contributed by atoms with Gasteiger partial charge in [0.05, 0.1) is 0 Å². The van der Waals surface area contributed by atoms with Crippen molar-refractivity contribution in [2.75, 3.05) is 0 Å². The lowest BCUT2D eigenvalue weighted by Crippen LogP contribution is -2.12. The van der Waals surface area contributed by atoms with Crippen LogP contribution in [0, 0.1) is 6.92 Å². The molecule has 1 N–H and O–H groups in total. The Morgan fingerprint density at radius 3 is 2.33 bits per heavy atom. The summed E-state index contributed by atoms with van der Waals surface area (Å²) in [6.45, 7) is 8.43. The number of phenolic OH excluding ortho intramolecular Hbond substituents is 1. The average Bonchev–Trinajstić information content (AvgIpc) is 2.09. The highest BCUT2D eigenvalue weighted by Gasteiger charge is 2.19. The summed E-state index contributed by atoms with van der Waals surface area (Å²) in [5.74, 6) is 0.391. The lowest BCUT2D eigenvalue weighted by atomic mass is 9.86. The summed E-state index contributed by atoms with van der Waals surface area (Å²) in [4.78, 5) is 1.25. The van der Waals surface area contributed by atoms with Crippen molar-refractivity contribution in [3.63, 3.8) is 0 Å². The molecule has 0 atom stereocenters. The number of rotatable bonds is 2. The van der Waals surface area contributed by atoms with Crippen molar-refractivity contribution in [3.05, 3.63) is 23.3 Å². The third-order valence-electron chi connectivity index (χ3n) is 2.23. The fourth-order valence-corrected chi connectivity index (χ4v) is 4.47. The Hall–Kier alpha value is 0.450. The number of aromatic hydroxyl groups is 1. The molecule has 1 aromatic rings. The summed E-state index contributed by atoms with van der Waals surface area (Å²) < 4.78 is 0. The van der Waals surface area contributed by atoms with E-state index in [1.54, 1.807) is 18.8 Å². The molecule has 1 aromatic carbocycles. The molecule has 0 unspecified atom stereocenters. The van der Waals surface area contributed by atoms with Crippen molar-refractivity contribution in [1.82, 2.24) is 0 Å². The molecule has 0 aromatic heterocycles. The summed E-state index contributed by atoms with van der Waals surface area (Å²) in [6.07, 6.45) is 0. The molecule has 0 saturated heterocycles. The number of phenols is 1. The van der Waals surface area contributed by atoms with Crippen molar-refractivity contribution >= 4 is 40.0 Å². The standard InChI is InChI=1S/C11H15IOS2/c1-7-5-10(14-15-12)8(6-9(7)13)11(2,3)4/h5-6,13H,1-4H3. The molecule has 0 fully saturated rings. The first-order chi connectivity index (χ1) is 6.86. The minimum Gasteiger partial charge on any atom is -0.508 e. The fourth-order valence-electron chi connectivity index (χ4n) is 1.36. The molecule has 4 heteroatoms. The second kappa shape index (κ2) is 5.19. The van der Waals surface area contributed by atoms with E-state index in [0.717, 1.165) is 5.56 Å². The maximum absolute atomic E-state index is 9.74. The molecule has 0 spiro atoms. The Kier molecular flexibility index (Phi) is 4.67.